The molecule has 0 saturated carbocycles. The second-order valence-electron chi connectivity index (χ2n) is 7.79. The Labute approximate surface area is 171 Å². The van der Waals surface area contributed by atoms with Gasteiger partial charge in [-0.05, 0) is 75.4 Å². The van der Waals surface area contributed by atoms with Gasteiger partial charge in [-0.2, -0.15) is 0 Å². The maximum atomic E-state index is 13.3. The highest BCUT2D eigenvalue weighted by atomic mass is 16.5. The third-order valence-corrected chi connectivity index (χ3v) is 5.65. The summed E-state index contributed by atoms with van der Waals surface area (Å²) in [6.45, 7) is 8.93. The standard InChI is InChI=1S/C24H26N2O3/c1-15-7-10-22-19(12-15)6-5-11-26(22)24(27)23-21(18(4)29-25-23)14-28-20-9-8-16(2)17(3)13-20/h7-10,12-13H,5-6,11,14H2,1-4H3. The summed E-state index contributed by atoms with van der Waals surface area (Å²) in [5.41, 5.74) is 6.80. The largest absolute Gasteiger partial charge is 0.489 e. The molecular formula is C24H26N2O3. The van der Waals surface area contributed by atoms with Crippen LogP contribution >= 0.6 is 0 Å². The number of aryl methyl sites for hydroxylation is 5. The van der Waals surface area contributed by atoms with Crippen molar-refractivity contribution in [3.8, 4) is 5.75 Å². The minimum absolute atomic E-state index is 0.134. The fourth-order valence-corrected chi connectivity index (χ4v) is 3.75. The van der Waals surface area contributed by atoms with Gasteiger partial charge in [-0.1, -0.05) is 28.9 Å². The van der Waals surface area contributed by atoms with E-state index >= 15 is 0 Å². The summed E-state index contributed by atoms with van der Waals surface area (Å²) in [7, 11) is 0. The van der Waals surface area contributed by atoms with Gasteiger partial charge >= 0.3 is 0 Å². The summed E-state index contributed by atoms with van der Waals surface area (Å²) < 4.78 is 11.3. The van der Waals surface area contributed by atoms with Crippen LogP contribution in [0.25, 0.3) is 0 Å². The Morgan fingerprint density at radius 2 is 1.93 bits per heavy atom. The Morgan fingerprint density at radius 3 is 2.72 bits per heavy atom. The van der Waals surface area contributed by atoms with Gasteiger partial charge in [-0.15, -0.1) is 0 Å². The number of benzene rings is 2. The van der Waals surface area contributed by atoms with E-state index in [-0.39, 0.29) is 12.5 Å². The lowest BCUT2D eigenvalue weighted by atomic mass is 9.99. The number of hydrogen-bond acceptors (Lipinski definition) is 4. The molecule has 0 bridgehead atoms. The number of rotatable bonds is 4. The lowest BCUT2D eigenvalue weighted by Crippen LogP contribution is -2.36. The van der Waals surface area contributed by atoms with Gasteiger partial charge in [-0.3, -0.25) is 4.79 Å². The van der Waals surface area contributed by atoms with E-state index in [1.165, 1.54) is 22.3 Å². The molecule has 0 radical (unpaired) electrons. The highest BCUT2D eigenvalue weighted by Gasteiger charge is 2.29. The maximum Gasteiger partial charge on any atom is 0.280 e. The number of amides is 1. The van der Waals surface area contributed by atoms with Crippen LogP contribution in [-0.2, 0) is 13.0 Å². The fraction of sp³-hybridized carbons (Fsp3) is 0.333. The van der Waals surface area contributed by atoms with Gasteiger partial charge < -0.3 is 14.2 Å². The molecule has 5 nitrogen and oxygen atoms in total. The Balaban J connectivity index is 1.59. The molecule has 0 N–H and O–H groups in total. The second-order valence-corrected chi connectivity index (χ2v) is 7.79. The van der Waals surface area contributed by atoms with Crippen LogP contribution in [0.15, 0.2) is 40.9 Å². The van der Waals surface area contributed by atoms with Crippen LogP contribution in [0, 0.1) is 27.7 Å². The summed E-state index contributed by atoms with van der Waals surface area (Å²) in [6.07, 6.45) is 1.93. The Kier molecular flexibility index (Phi) is 5.14. The van der Waals surface area contributed by atoms with Crippen molar-refractivity contribution in [1.29, 1.82) is 0 Å². The maximum absolute atomic E-state index is 13.3. The number of carbonyl (C=O) groups excluding carboxylic acids is 1. The molecule has 0 fully saturated rings. The number of aromatic nitrogens is 1. The molecule has 2 heterocycles. The van der Waals surface area contributed by atoms with E-state index in [1.54, 1.807) is 0 Å². The van der Waals surface area contributed by atoms with Gasteiger partial charge in [0.05, 0.1) is 5.56 Å². The van der Waals surface area contributed by atoms with E-state index in [4.69, 9.17) is 9.26 Å². The minimum Gasteiger partial charge on any atom is -0.489 e. The quantitative estimate of drug-likeness (QED) is 0.623. The van der Waals surface area contributed by atoms with Crippen molar-refractivity contribution in [2.24, 2.45) is 0 Å². The van der Waals surface area contributed by atoms with Crippen LogP contribution in [0.2, 0.25) is 0 Å². The fourth-order valence-electron chi connectivity index (χ4n) is 3.75. The topological polar surface area (TPSA) is 55.6 Å². The van der Waals surface area contributed by atoms with E-state index in [9.17, 15) is 4.79 Å². The number of anilines is 1. The van der Waals surface area contributed by atoms with E-state index in [0.717, 1.165) is 24.3 Å². The van der Waals surface area contributed by atoms with Gasteiger partial charge in [-0.25, -0.2) is 0 Å². The minimum atomic E-state index is -0.134. The molecule has 3 aromatic rings. The highest BCUT2D eigenvalue weighted by Crippen LogP contribution is 2.30. The van der Waals surface area contributed by atoms with E-state index in [0.29, 0.717) is 23.6 Å². The summed E-state index contributed by atoms with van der Waals surface area (Å²) >= 11 is 0. The lowest BCUT2D eigenvalue weighted by molar-refractivity contribution is 0.0974. The third-order valence-electron chi connectivity index (χ3n) is 5.65. The van der Waals surface area contributed by atoms with Crippen LogP contribution in [0.4, 0.5) is 5.69 Å². The number of fused-ring (bicyclic) bond motifs is 1. The first-order chi connectivity index (χ1) is 13.9. The Morgan fingerprint density at radius 1 is 1.10 bits per heavy atom. The van der Waals surface area contributed by atoms with Crippen molar-refractivity contribution in [2.75, 3.05) is 11.4 Å². The number of hydrogen-bond donors (Lipinski definition) is 0. The van der Waals surface area contributed by atoms with Gasteiger partial charge in [0.25, 0.3) is 5.91 Å². The van der Waals surface area contributed by atoms with E-state index < -0.39 is 0 Å². The molecule has 150 valence electrons. The van der Waals surface area contributed by atoms with Crippen molar-refractivity contribution >= 4 is 11.6 Å². The van der Waals surface area contributed by atoms with Crippen molar-refractivity contribution in [2.45, 2.75) is 47.1 Å². The molecule has 1 aromatic heterocycles. The van der Waals surface area contributed by atoms with Crippen LogP contribution in [0.5, 0.6) is 5.75 Å². The second kappa shape index (κ2) is 7.74. The zero-order chi connectivity index (χ0) is 20.5. The van der Waals surface area contributed by atoms with Crippen LogP contribution < -0.4 is 9.64 Å². The molecule has 0 atom stereocenters. The predicted octanol–water partition coefficient (Wildman–Crippen LogP) is 5.08. The van der Waals surface area contributed by atoms with Crippen LogP contribution in [0.3, 0.4) is 0 Å². The van der Waals surface area contributed by atoms with Crippen molar-refractivity contribution in [3.63, 3.8) is 0 Å². The molecule has 1 aliphatic rings. The predicted molar refractivity (Wildman–Crippen MR) is 113 cm³/mol. The summed E-state index contributed by atoms with van der Waals surface area (Å²) in [4.78, 5) is 15.2. The number of carbonyl (C=O) groups is 1. The molecule has 0 spiro atoms. The zero-order valence-electron chi connectivity index (χ0n) is 17.4. The van der Waals surface area contributed by atoms with Gasteiger partial charge in [0.1, 0.15) is 18.1 Å². The van der Waals surface area contributed by atoms with E-state index in [2.05, 4.69) is 32.0 Å². The monoisotopic (exact) mass is 390 g/mol. The molecule has 5 heteroatoms. The van der Waals surface area contributed by atoms with Crippen molar-refractivity contribution < 1.29 is 14.1 Å². The summed E-state index contributed by atoms with van der Waals surface area (Å²) in [5.74, 6) is 1.24. The number of ether oxygens (including phenoxy) is 1. The van der Waals surface area contributed by atoms with Gasteiger partial charge in [0.2, 0.25) is 0 Å². The first kappa shape index (κ1) is 19.2. The van der Waals surface area contributed by atoms with Crippen LogP contribution in [0.1, 0.15) is 50.5 Å². The van der Waals surface area contributed by atoms with Crippen LogP contribution in [-0.4, -0.2) is 17.6 Å². The molecule has 1 amide bonds. The first-order valence-electron chi connectivity index (χ1n) is 10.0. The highest BCUT2D eigenvalue weighted by molar-refractivity contribution is 6.06. The molecule has 0 unspecified atom stereocenters. The molecule has 1 aliphatic heterocycles. The smallest absolute Gasteiger partial charge is 0.280 e. The van der Waals surface area contributed by atoms with Gasteiger partial charge in [0, 0.05) is 12.2 Å². The lowest BCUT2D eigenvalue weighted by Gasteiger charge is -2.29. The molecule has 2 aromatic carbocycles. The molecule has 0 aliphatic carbocycles. The SMILES string of the molecule is Cc1ccc2c(c1)CCCN2C(=O)c1noc(C)c1COc1ccc(C)c(C)c1. The Bertz CT molecular complexity index is 1070. The van der Waals surface area contributed by atoms with Gasteiger partial charge in [0.15, 0.2) is 5.69 Å². The summed E-state index contributed by atoms with van der Waals surface area (Å²) in [5, 5.41) is 4.08. The third kappa shape index (κ3) is 3.77. The van der Waals surface area contributed by atoms with E-state index in [1.807, 2.05) is 42.2 Å². The Hall–Kier alpha value is -3.08. The molecule has 29 heavy (non-hydrogen) atoms. The zero-order valence-corrected chi connectivity index (χ0v) is 17.4. The van der Waals surface area contributed by atoms with Crippen molar-refractivity contribution in [1.82, 2.24) is 5.16 Å². The summed E-state index contributed by atoms with van der Waals surface area (Å²) in [6, 6.07) is 12.2. The normalized spacial score (nSPS) is 13.3. The molecule has 4 rings (SSSR count). The average molecular weight is 390 g/mol. The molecule has 0 saturated heterocycles. The van der Waals surface area contributed by atoms with Crippen molar-refractivity contribution in [3.05, 3.63) is 75.7 Å². The first-order valence-corrected chi connectivity index (χ1v) is 10.0. The molecular weight excluding hydrogens is 364 g/mol. The number of nitrogens with zero attached hydrogens (tertiary/aromatic N) is 2. The average Bonchev–Trinajstić information content (AvgIpc) is 3.08.